The fourth-order valence-corrected chi connectivity index (χ4v) is 3.17. The standard InChI is InChI=1S/C19H18ClFN4OS/c1-2-9-25-12-13(11-22-25)19(26)23-16-7-8-17(21)18(10-16)27-24-15-5-3-14(20)4-6-15/h3-8,10-12,24H,2,9H2,1H3,(H,23,26). The zero-order valence-electron chi connectivity index (χ0n) is 14.6. The van der Waals surface area contributed by atoms with Crippen LogP contribution in [0.1, 0.15) is 23.7 Å². The average Bonchev–Trinajstić information content (AvgIpc) is 3.12. The maximum absolute atomic E-state index is 14.1. The molecule has 1 heterocycles. The van der Waals surface area contributed by atoms with E-state index in [1.165, 1.54) is 18.3 Å². The molecule has 0 bridgehead atoms. The quantitative estimate of drug-likeness (QED) is 0.513. The number of halogens is 2. The van der Waals surface area contributed by atoms with E-state index in [4.69, 9.17) is 11.6 Å². The number of carbonyl (C=O) groups excluding carboxylic acids is 1. The van der Waals surface area contributed by atoms with Gasteiger partial charge in [0.15, 0.2) is 0 Å². The van der Waals surface area contributed by atoms with Crippen molar-refractivity contribution in [3.05, 3.63) is 71.3 Å². The van der Waals surface area contributed by atoms with Crippen LogP contribution in [0.4, 0.5) is 15.8 Å². The number of benzene rings is 2. The molecule has 0 spiro atoms. The van der Waals surface area contributed by atoms with Crippen molar-refractivity contribution < 1.29 is 9.18 Å². The van der Waals surface area contributed by atoms with E-state index in [0.29, 0.717) is 21.2 Å². The molecule has 3 aromatic rings. The highest BCUT2D eigenvalue weighted by atomic mass is 35.5. The fraction of sp³-hybridized carbons (Fsp3) is 0.158. The number of carbonyl (C=O) groups is 1. The van der Waals surface area contributed by atoms with E-state index < -0.39 is 0 Å². The monoisotopic (exact) mass is 404 g/mol. The Bertz CT molecular complexity index is 930. The molecule has 0 radical (unpaired) electrons. The van der Waals surface area contributed by atoms with Gasteiger partial charge in [0.2, 0.25) is 0 Å². The van der Waals surface area contributed by atoms with E-state index in [1.54, 1.807) is 41.2 Å². The molecule has 1 aromatic heterocycles. The van der Waals surface area contributed by atoms with Crippen LogP contribution < -0.4 is 10.0 Å². The first-order chi connectivity index (χ1) is 13.0. The van der Waals surface area contributed by atoms with E-state index in [2.05, 4.69) is 15.1 Å². The molecule has 8 heteroatoms. The lowest BCUT2D eigenvalue weighted by molar-refractivity contribution is 0.102. The molecule has 0 saturated carbocycles. The van der Waals surface area contributed by atoms with Gasteiger partial charge in [0, 0.05) is 29.1 Å². The lowest BCUT2D eigenvalue weighted by atomic mass is 10.3. The van der Waals surface area contributed by atoms with Gasteiger partial charge in [-0.25, -0.2) is 4.39 Å². The molecule has 0 unspecified atom stereocenters. The Hall–Kier alpha value is -2.51. The summed E-state index contributed by atoms with van der Waals surface area (Å²) in [5, 5.41) is 7.54. The van der Waals surface area contributed by atoms with Gasteiger partial charge in [0.1, 0.15) is 5.82 Å². The molecule has 1 amide bonds. The minimum Gasteiger partial charge on any atom is -0.326 e. The van der Waals surface area contributed by atoms with E-state index in [9.17, 15) is 9.18 Å². The molecule has 2 N–H and O–H groups in total. The number of rotatable bonds is 7. The van der Waals surface area contributed by atoms with Crippen molar-refractivity contribution in [2.24, 2.45) is 0 Å². The largest absolute Gasteiger partial charge is 0.326 e. The summed E-state index contributed by atoms with van der Waals surface area (Å²) in [6, 6.07) is 11.5. The van der Waals surface area contributed by atoms with Crippen LogP contribution in [0.2, 0.25) is 5.02 Å². The number of aryl methyl sites for hydroxylation is 1. The summed E-state index contributed by atoms with van der Waals surface area (Å²) in [5.74, 6) is -0.666. The Balaban J connectivity index is 1.66. The highest BCUT2D eigenvalue weighted by Gasteiger charge is 2.11. The summed E-state index contributed by atoms with van der Waals surface area (Å²) in [4.78, 5) is 12.7. The van der Waals surface area contributed by atoms with Crippen LogP contribution in [0.15, 0.2) is 59.8 Å². The maximum atomic E-state index is 14.1. The first kappa shape index (κ1) is 19.3. The first-order valence-corrected chi connectivity index (χ1v) is 9.56. The van der Waals surface area contributed by atoms with Crippen molar-refractivity contribution in [3.63, 3.8) is 0 Å². The van der Waals surface area contributed by atoms with Crippen LogP contribution in [-0.2, 0) is 6.54 Å². The smallest absolute Gasteiger partial charge is 0.258 e. The Morgan fingerprint density at radius 1 is 1.22 bits per heavy atom. The third kappa shape index (κ3) is 5.24. The predicted octanol–water partition coefficient (Wildman–Crippen LogP) is 5.46. The number of hydrogen-bond donors (Lipinski definition) is 2. The van der Waals surface area contributed by atoms with Gasteiger partial charge in [-0.2, -0.15) is 5.10 Å². The highest BCUT2D eigenvalue weighted by Crippen LogP contribution is 2.27. The van der Waals surface area contributed by atoms with Crippen LogP contribution in [0.3, 0.4) is 0 Å². The van der Waals surface area contributed by atoms with Crippen molar-refractivity contribution in [2.75, 3.05) is 10.0 Å². The van der Waals surface area contributed by atoms with Gasteiger partial charge in [0.05, 0.1) is 16.7 Å². The predicted molar refractivity (Wildman–Crippen MR) is 108 cm³/mol. The summed E-state index contributed by atoms with van der Waals surface area (Å²) in [5.41, 5.74) is 1.76. The zero-order chi connectivity index (χ0) is 19.2. The summed E-state index contributed by atoms with van der Waals surface area (Å²) in [7, 11) is 0. The van der Waals surface area contributed by atoms with Crippen molar-refractivity contribution in [3.8, 4) is 0 Å². The van der Waals surface area contributed by atoms with Crippen molar-refractivity contribution in [1.82, 2.24) is 9.78 Å². The molecule has 27 heavy (non-hydrogen) atoms. The highest BCUT2D eigenvalue weighted by molar-refractivity contribution is 8.00. The minimum absolute atomic E-state index is 0.287. The molecular weight excluding hydrogens is 387 g/mol. The van der Waals surface area contributed by atoms with Gasteiger partial charge in [-0.15, -0.1) is 0 Å². The summed E-state index contributed by atoms with van der Waals surface area (Å²) in [6.07, 6.45) is 4.15. The molecule has 0 atom stereocenters. The summed E-state index contributed by atoms with van der Waals surface area (Å²) >= 11 is 6.97. The third-order valence-corrected chi connectivity index (χ3v) is 4.78. The van der Waals surface area contributed by atoms with Gasteiger partial charge in [-0.3, -0.25) is 9.48 Å². The van der Waals surface area contributed by atoms with Gasteiger partial charge in [-0.05, 0) is 60.8 Å². The van der Waals surface area contributed by atoms with Gasteiger partial charge in [-0.1, -0.05) is 18.5 Å². The van der Waals surface area contributed by atoms with E-state index in [0.717, 1.165) is 30.6 Å². The third-order valence-electron chi connectivity index (χ3n) is 3.66. The second-order valence-electron chi connectivity index (χ2n) is 5.80. The molecule has 5 nitrogen and oxygen atoms in total. The molecule has 0 aliphatic carbocycles. The molecule has 0 aliphatic rings. The fourth-order valence-electron chi connectivity index (χ4n) is 2.33. The zero-order valence-corrected chi connectivity index (χ0v) is 16.1. The molecule has 2 aromatic carbocycles. The lowest BCUT2D eigenvalue weighted by Gasteiger charge is -2.09. The normalized spacial score (nSPS) is 10.6. The minimum atomic E-state index is -0.379. The summed E-state index contributed by atoms with van der Waals surface area (Å²) < 4.78 is 18.8. The Morgan fingerprint density at radius 3 is 2.70 bits per heavy atom. The van der Waals surface area contributed by atoms with Gasteiger partial charge in [0.25, 0.3) is 5.91 Å². The number of nitrogens with one attached hydrogen (secondary N) is 2. The van der Waals surface area contributed by atoms with E-state index in [1.807, 2.05) is 6.92 Å². The molecule has 0 aliphatic heterocycles. The average molecular weight is 405 g/mol. The second-order valence-corrected chi connectivity index (χ2v) is 7.09. The number of anilines is 2. The number of amides is 1. The Labute approximate surface area is 166 Å². The van der Waals surface area contributed by atoms with E-state index in [-0.39, 0.29) is 11.7 Å². The molecular formula is C19H18ClFN4OS. The topological polar surface area (TPSA) is 59.0 Å². The van der Waals surface area contributed by atoms with Crippen molar-refractivity contribution in [1.29, 1.82) is 0 Å². The van der Waals surface area contributed by atoms with Crippen molar-refractivity contribution in [2.45, 2.75) is 24.8 Å². The van der Waals surface area contributed by atoms with Gasteiger partial charge >= 0.3 is 0 Å². The van der Waals surface area contributed by atoms with Crippen LogP contribution in [0, 0.1) is 5.82 Å². The molecule has 3 rings (SSSR count). The van der Waals surface area contributed by atoms with Crippen molar-refractivity contribution >= 4 is 40.8 Å². The number of hydrogen-bond acceptors (Lipinski definition) is 4. The first-order valence-electron chi connectivity index (χ1n) is 8.37. The SMILES string of the molecule is CCCn1cc(C(=O)Nc2ccc(F)c(SNc3ccc(Cl)cc3)c2)cn1. The number of aromatic nitrogens is 2. The molecule has 0 saturated heterocycles. The van der Waals surface area contributed by atoms with E-state index >= 15 is 0 Å². The van der Waals surface area contributed by atoms with Crippen LogP contribution >= 0.6 is 23.5 Å². The number of nitrogens with zero attached hydrogens (tertiary/aromatic N) is 2. The van der Waals surface area contributed by atoms with Crippen LogP contribution in [0.5, 0.6) is 0 Å². The van der Waals surface area contributed by atoms with Crippen LogP contribution in [-0.4, -0.2) is 15.7 Å². The van der Waals surface area contributed by atoms with Gasteiger partial charge < -0.3 is 10.0 Å². The Kier molecular flexibility index (Phi) is 6.36. The second kappa shape index (κ2) is 8.92. The lowest BCUT2D eigenvalue weighted by Crippen LogP contribution is -2.11. The molecule has 140 valence electrons. The van der Waals surface area contributed by atoms with Crippen LogP contribution in [0.25, 0.3) is 0 Å². The molecule has 0 fully saturated rings. The summed E-state index contributed by atoms with van der Waals surface area (Å²) in [6.45, 7) is 2.79. The maximum Gasteiger partial charge on any atom is 0.258 e. The Morgan fingerprint density at radius 2 is 1.96 bits per heavy atom.